The maximum atomic E-state index is 13.1. The Labute approximate surface area is 154 Å². The van der Waals surface area contributed by atoms with Crippen LogP contribution in [0.15, 0.2) is 12.2 Å². The van der Waals surface area contributed by atoms with Gasteiger partial charge in [-0.3, -0.25) is 9.59 Å². The van der Waals surface area contributed by atoms with Crippen LogP contribution in [-0.2, 0) is 19.1 Å². The van der Waals surface area contributed by atoms with E-state index in [1.165, 1.54) is 12.7 Å². The number of hydrogen-bond donors (Lipinski definition) is 1. The van der Waals surface area contributed by atoms with Gasteiger partial charge in [0, 0.05) is 11.8 Å². The first-order valence-corrected chi connectivity index (χ1v) is 9.83. The van der Waals surface area contributed by atoms with Crippen molar-refractivity contribution >= 4 is 11.9 Å². The quantitative estimate of drug-likeness (QED) is 0.575. The van der Waals surface area contributed by atoms with Gasteiger partial charge in [-0.1, -0.05) is 19.1 Å². The third kappa shape index (κ3) is 1.48. The molecule has 5 fully saturated rings. The zero-order chi connectivity index (χ0) is 18.7. The number of esters is 2. The zero-order valence-electron chi connectivity index (χ0n) is 15.8. The number of rotatable bonds is 1. The minimum Gasteiger partial charge on any atom is -0.469 e. The van der Waals surface area contributed by atoms with Crippen LogP contribution in [0.4, 0.5) is 0 Å². The smallest absolute Gasteiger partial charge is 0.315 e. The van der Waals surface area contributed by atoms with E-state index in [4.69, 9.17) is 9.47 Å². The molecular weight excluding hydrogens is 332 g/mol. The van der Waals surface area contributed by atoms with Gasteiger partial charge in [0.15, 0.2) is 0 Å². The van der Waals surface area contributed by atoms with Crippen molar-refractivity contribution in [2.75, 3.05) is 7.11 Å². The lowest BCUT2D eigenvalue weighted by atomic mass is 9.59. The van der Waals surface area contributed by atoms with Crippen molar-refractivity contribution < 1.29 is 24.2 Å². The molecule has 5 rings (SSSR count). The lowest BCUT2D eigenvalue weighted by molar-refractivity contribution is -0.164. The zero-order valence-corrected chi connectivity index (χ0v) is 15.8. The summed E-state index contributed by atoms with van der Waals surface area (Å²) in [4.78, 5) is 26.0. The number of ether oxygens (including phenoxy) is 2. The summed E-state index contributed by atoms with van der Waals surface area (Å²) in [5, 5.41) is 10.8. The minimum atomic E-state index is -1.02. The van der Waals surface area contributed by atoms with E-state index in [0.29, 0.717) is 12.8 Å². The summed E-state index contributed by atoms with van der Waals surface area (Å²) >= 11 is 0. The molecule has 142 valence electrons. The number of hydrogen-bond acceptors (Lipinski definition) is 5. The molecule has 4 bridgehead atoms. The molecule has 8 atom stereocenters. The lowest BCUT2D eigenvalue weighted by Crippen LogP contribution is -2.53. The Bertz CT molecular complexity index is 745. The summed E-state index contributed by atoms with van der Waals surface area (Å²) in [5.74, 6) is -1.16. The third-order valence-electron chi connectivity index (χ3n) is 9.19. The van der Waals surface area contributed by atoms with Crippen molar-refractivity contribution in [3.63, 3.8) is 0 Å². The van der Waals surface area contributed by atoms with E-state index in [9.17, 15) is 14.7 Å². The number of carbonyl (C=O) groups is 2. The van der Waals surface area contributed by atoms with E-state index in [2.05, 4.69) is 13.5 Å². The van der Waals surface area contributed by atoms with Gasteiger partial charge in [-0.25, -0.2) is 0 Å². The molecule has 1 saturated heterocycles. The minimum absolute atomic E-state index is 0.0513. The average molecular weight is 360 g/mol. The maximum Gasteiger partial charge on any atom is 0.315 e. The molecule has 5 nitrogen and oxygen atoms in total. The van der Waals surface area contributed by atoms with Gasteiger partial charge < -0.3 is 14.6 Å². The van der Waals surface area contributed by atoms with E-state index in [0.717, 1.165) is 25.7 Å². The van der Waals surface area contributed by atoms with Gasteiger partial charge in [-0.2, -0.15) is 0 Å². The van der Waals surface area contributed by atoms with Gasteiger partial charge in [0.1, 0.15) is 5.60 Å². The molecule has 1 N–H and O–H groups in total. The van der Waals surface area contributed by atoms with E-state index >= 15 is 0 Å². The van der Waals surface area contributed by atoms with Gasteiger partial charge in [-0.15, -0.1) is 0 Å². The van der Waals surface area contributed by atoms with E-state index in [1.54, 1.807) is 6.92 Å². The monoisotopic (exact) mass is 360 g/mol. The first-order chi connectivity index (χ1) is 12.2. The second-order valence-corrected chi connectivity index (χ2v) is 10.0. The topological polar surface area (TPSA) is 72.8 Å². The molecule has 4 saturated carbocycles. The Morgan fingerprint density at radius 2 is 2.04 bits per heavy atom. The second kappa shape index (κ2) is 4.54. The number of aliphatic hydroxyl groups excluding tert-OH is 1. The Balaban J connectivity index is 1.75. The highest BCUT2D eigenvalue weighted by molar-refractivity contribution is 5.85. The normalized spacial score (nSPS) is 56.8. The van der Waals surface area contributed by atoms with Crippen molar-refractivity contribution in [3.05, 3.63) is 12.2 Å². The number of allylic oxidation sites excluding steroid dienone is 1. The molecule has 0 aromatic heterocycles. The Morgan fingerprint density at radius 3 is 2.73 bits per heavy atom. The highest BCUT2D eigenvalue weighted by Gasteiger charge is 2.84. The van der Waals surface area contributed by atoms with Gasteiger partial charge in [0.25, 0.3) is 0 Å². The molecule has 5 aliphatic rings. The van der Waals surface area contributed by atoms with Gasteiger partial charge in [0.05, 0.1) is 24.5 Å². The highest BCUT2D eigenvalue weighted by Crippen LogP contribution is 2.79. The third-order valence-corrected chi connectivity index (χ3v) is 9.19. The molecule has 0 unspecified atom stereocenters. The summed E-state index contributed by atoms with van der Waals surface area (Å²) < 4.78 is 11.4. The molecule has 1 spiro atoms. The average Bonchev–Trinajstić information content (AvgIpc) is 3.02. The summed E-state index contributed by atoms with van der Waals surface area (Å²) in [6, 6.07) is 0. The van der Waals surface area contributed by atoms with Crippen LogP contribution in [-0.4, -0.2) is 35.9 Å². The number of aliphatic hydroxyl groups is 1. The second-order valence-electron chi connectivity index (χ2n) is 10.0. The SMILES string of the molecule is C=C1C[C@]23C[C@@]1(C)CC[C@H]2[C@@]12CC[C@H](O)[C@](C)(C(=O)O1)[C@H]2[C@@H]3C(=O)OC. The van der Waals surface area contributed by atoms with Crippen LogP contribution in [0.3, 0.4) is 0 Å². The fourth-order valence-electron chi connectivity index (χ4n) is 8.07. The first-order valence-electron chi connectivity index (χ1n) is 9.83. The molecule has 0 aromatic rings. The van der Waals surface area contributed by atoms with Crippen molar-refractivity contribution in [1.29, 1.82) is 0 Å². The van der Waals surface area contributed by atoms with Gasteiger partial charge in [0.2, 0.25) is 0 Å². The molecule has 1 heterocycles. The van der Waals surface area contributed by atoms with Crippen LogP contribution in [0.1, 0.15) is 52.4 Å². The molecule has 26 heavy (non-hydrogen) atoms. The molecule has 0 aromatic carbocycles. The van der Waals surface area contributed by atoms with Crippen LogP contribution >= 0.6 is 0 Å². The lowest BCUT2D eigenvalue weighted by Gasteiger charge is -2.46. The highest BCUT2D eigenvalue weighted by atomic mass is 16.6. The fraction of sp³-hybridized carbons (Fsp3) is 0.810. The van der Waals surface area contributed by atoms with Crippen molar-refractivity contribution in [1.82, 2.24) is 0 Å². The summed E-state index contributed by atoms with van der Waals surface area (Å²) in [6.07, 6.45) is 4.11. The number of carbonyl (C=O) groups excluding carboxylic acids is 2. The maximum absolute atomic E-state index is 13.1. The van der Waals surface area contributed by atoms with Crippen LogP contribution in [0, 0.1) is 34.0 Å². The summed E-state index contributed by atoms with van der Waals surface area (Å²) in [5.41, 5.74) is -0.639. The predicted molar refractivity (Wildman–Crippen MR) is 92.8 cm³/mol. The van der Waals surface area contributed by atoms with Crippen molar-refractivity contribution in [3.8, 4) is 0 Å². The van der Waals surface area contributed by atoms with Crippen molar-refractivity contribution in [2.24, 2.45) is 34.0 Å². The number of fused-ring (bicyclic) bond motifs is 1. The molecular formula is C21H28O5. The molecule has 5 heteroatoms. The summed E-state index contributed by atoms with van der Waals surface area (Å²) in [6.45, 7) is 8.42. The molecule has 0 amide bonds. The largest absolute Gasteiger partial charge is 0.469 e. The first kappa shape index (κ1) is 16.8. The molecule has 4 aliphatic carbocycles. The standard InChI is InChI=1S/C21H28O5/c1-11-9-20-10-18(11,2)7-5-12(20)21-8-6-13(22)19(3,17(24)26-21)15(21)14(20)16(23)25-4/h12-15,22H,1,5-10H2,2-4H3/t12-,13+,14-,15-,18-,19+,20+,21-/m1/s1. The van der Waals surface area contributed by atoms with Crippen LogP contribution in [0.5, 0.6) is 0 Å². The van der Waals surface area contributed by atoms with E-state index < -0.39 is 23.0 Å². The van der Waals surface area contributed by atoms with Crippen LogP contribution in [0.25, 0.3) is 0 Å². The van der Waals surface area contributed by atoms with E-state index in [-0.39, 0.29) is 34.6 Å². The predicted octanol–water partition coefficient (Wildman–Crippen LogP) is 2.61. The van der Waals surface area contributed by atoms with Gasteiger partial charge in [-0.05, 0) is 56.3 Å². The Morgan fingerprint density at radius 1 is 1.31 bits per heavy atom. The number of methoxy groups -OCH3 is 1. The summed E-state index contributed by atoms with van der Waals surface area (Å²) in [7, 11) is 1.43. The Hall–Kier alpha value is -1.36. The van der Waals surface area contributed by atoms with Crippen LogP contribution in [0.2, 0.25) is 0 Å². The van der Waals surface area contributed by atoms with E-state index in [1.807, 2.05) is 0 Å². The molecule has 1 aliphatic heterocycles. The Kier molecular flexibility index (Phi) is 2.93. The fourth-order valence-corrected chi connectivity index (χ4v) is 8.07. The van der Waals surface area contributed by atoms with Crippen molar-refractivity contribution in [2.45, 2.75) is 64.1 Å². The molecule has 0 radical (unpaired) electrons. The van der Waals surface area contributed by atoms with Gasteiger partial charge >= 0.3 is 11.9 Å². The van der Waals surface area contributed by atoms with Crippen LogP contribution < -0.4 is 0 Å².